The zero-order valence-electron chi connectivity index (χ0n) is 17.3. The van der Waals surface area contributed by atoms with Gasteiger partial charge in [0.25, 0.3) is 0 Å². The quantitative estimate of drug-likeness (QED) is 0.741. The van der Waals surface area contributed by atoms with Crippen LogP contribution in [0.4, 0.5) is 11.4 Å². The molecule has 0 spiro atoms. The number of likely N-dealkylation sites (N-methyl/N-ethyl adjacent to an activating group) is 1. The van der Waals surface area contributed by atoms with Gasteiger partial charge < -0.3 is 9.80 Å². The van der Waals surface area contributed by atoms with Crippen LogP contribution in [0.1, 0.15) is 34.8 Å². The first kappa shape index (κ1) is 19.0. The molecule has 2 aromatic carbocycles. The van der Waals surface area contributed by atoms with Gasteiger partial charge in [0.05, 0.1) is 0 Å². The number of piperazine rings is 1. The first-order valence-corrected chi connectivity index (χ1v) is 10.4. The summed E-state index contributed by atoms with van der Waals surface area (Å²) in [5.41, 5.74) is 6.14. The van der Waals surface area contributed by atoms with Crippen molar-refractivity contribution in [2.45, 2.75) is 32.7 Å². The Kier molecular flexibility index (Phi) is 5.40. The number of rotatable bonds is 5. The van der Waals surface area contributed by atoms with Crippen LogP contribution in [-0.4, -0.2) is 56.5 Å². The number of hydrogen-bond donors (Lipinski definition) is 0. The molecule has 4 rings (SSSR count). The lowest BCUT2D eigenvalue weighted by Crippen LogP contribution is -2.47. The molecule has 0 aromatic heterocycles. The number of ketones is 1. The monoisotopic (exact) mass is 377 g/mol. The van der Waals surface area contributed by atoms with Crippen LogP contribution in [0.2, 0.25) is 0 Å². The summed E-state index contributed by atoms with van der Waals surface area (Å²) in [4.78, 5) is 19.9. The number of fused-ring (bicyclic) bond motifs is 1. The minimum atomic E-state index is 0.270. The van der Waals surface area contributed by atoms with Crippen molar-refractivity contribution in [3.8, 4) is 0 Å². The fraction of sp³-hybridized carbons (Fsp3) is 0.458. The van der Waals surface area contributed by atoms with E-state index in [9.17, 15) is 4.79 Å². The molecule has 1 unspecified atom stereocenters. The molecule has 0 N–H and O–H groups in total. The number of Topliss-reactive ketones (excluding diaryl/α,β-unsaturated/α-hetero) is 1. The van der Waals surface area contributed by atoms with Crippen molar-refractivity contribution in [3.05, 3.63) is 59.2 Å². The average Bonchev–Trinajstić information content (AvgIpc) is 3.00. The van der Waals surface area contributed by atoms with Crippen LogP contribution in [-0.2, 0) is 6.42 Å². The van der Waals surface area contributed by atoms with Gasteiger partial charge in [-0.05, 0) is 55.7 Å². The molecule has 2 aromatic rings. The Bertz CT molecular complexity index is 855. The average molecular weight is 378 g/mol. The van der Waals surface area contributed by atoms with Gasteiger partial charge in [-0.25, -0.2) is 0 Å². The van der Waals surface area contributed by atoms with E-state index in [4.69, 9.17) is 0 Å². The molecular weight excluding hydrogens is 346 g/mol. The summed E-state index contributed by atoms with van der Waals surface area (Å²) in [7, 11) is 2.13. The first-order chi connectivity index (χ1) is 13.5. The maximum Gasteiger partial charge on any atom is 0.164 e. The highest BCUT2D eigenvalue weighted by molar-refractivity contribution is 5.97. The van der Waals surface area contributed by atoms with Gasteiger partial charge in [-0.15, -0.1) is 0 Å². The smallest absolute Gasteiger partial charge is 0.164 e. The summed E-state index contributed by atoms with van der Waals surface area (Å²) in [6, 6.07) is 15.4. The summed E-state index contributed by atoms with van der Waals surface area (Å²) in [6.07, 6.45) is 1.64. The molecule has 148 valence electrons. The lowest BCUT2D eigenvalue weighted by Gasteiger charge is -2.36. The second-order valence-corrected chi connectivity index (χ2v) is 8.30. The van der Waals surface area contributed by atoms with Crippen molar-refractivity contribution >= 4 is 17.2 Å². The van der Waals surface area contributed by atoms with E-state index in [0.29, 0.717) is 12.5 Å². The maximum absolute atomic E-state index is 12.7. The van der Waals surface area contributed by atoms with Crippen LogP contribution in [0, 0.1) is 6.92 Å². The Morgan fingerprint density at radius 3 is 2.54 bits per heavy atom. The number of aryl methyl sites for hydroxylation is 1. The zero-order chi connectivity index (χ0) is 19.7. The van der Waals surface area contributed by atoms with Gasteiger partial charge in [-0.3, -0.25) is 9.69 Å². The van der Waals surface area contributed by atoms with Crippen LogP contribution in [0.5, 0.6) is 0 Å². The number of benzene rings is 2. The van der Waals surface area contributed by atoms with Gasteiger partial charge >= 0.3 is 0 Å². The highest BCUT2D eigenvalue weighted by atomic mass is 16.1. The lowest BCUT2D eigenvalue weighted by atomic mass is 10.0. The van der Waals surface area contributed by atoms with Crippen molar-refractivity contribution in [2.24, 2.45) is 0 Å². The second kappa shape index (κ2) is 7.96. The van der Waals surface area contributed by atoms with Crippen LogP contribution in [0.25, 0.3) is 0 Å². The molecule has 1 fully saturated rings. The standard InChI is InChI=1S/C24H31N3O/c1-18-6-4-5-7-22(18)27-14-12-26(13-15-27)11-10-24(28)20-8-9-23-21(17-20)16-19(2)25(23)3/h4-9,17,19H,10-16H2,1-3H3. The van der Waals surface area contributed by atoms with Crippen molar-refractivity contribution < 1.29 is 4.79 Å². The minimum Gasteiger partial charge on any atom is -0.371 e. The number of carbonyl (C=O) groups is 1. The van der Waals surface area contributed by atoms with E-state index in [1.165, 1.54) is 22.5 Å². The molecule has 1 saturated heterocycles. The molecular formula is C24H31N3O. The van der Waals surface area contributed by atoms with E-state index in [1.54, 1.807) is 0 Å². The molecule has 0 amide bonds. The van der Waals surface area contributed by atoms with Crippen molar-refractivity contribution in [1.82, 2.24) is 4.90 Å². The molecule has 0 saturated carbocycles. The molecule has 0 aliphatic carbocycles. The van der Waals surface area contributed by atoms with Gasteiger partial charge in [-0.2, -0.15) is 0 Å². The number of nitrogens with zero attached hydrogens (tertiary/aromatic N) is 3. The topological polar surface area (TPSA) is 26.8 Å². The van der Waals surface area contributed by atoms with Crippen LogP contribution in [0.15, 0.2) is 42.5 Å². The van der Waals surface area contributed by atoms with Gasteiger partial charge in [0, 0.05) is 69.2 Å². The SMILES string of the molecule is Cc1ccccc1N1CCN(CCC(=O)c2ccc3c(c2)CC(C)N3C)CC1. The van der Waals surface area contributed by atoms with Gasteiger partial charge in [0.1, 0.15) is 0 Å². The minimum absolute atomic E-state index is 0.270. The third-order valence-electron chi connectivity index (χ3n) is 6.44. The number of para-hydroxylation sites is 1. The van der Waals surface area contributed by atoms with E-state index >= 15 is 0 Å². The van der Waals surface area contributed by atoms with Crippen molar-refractivity contribution in [1.29, 1.82) is 0 Å². The molecule has 4 nitrogen and oxygen atoms in total. The van der Waals surface area contributed by atoms with Gasteiger partial charge in [0.15, 0.2) is 5.78 Å². The molecule has 2 aliphatic heterocycles. The van der Waals surface area contributed by atoms with E-state index in [2.05, 4.69) is 72.0 Å². The normalized spacial score (nSPS) is 19.8. The molecule has 1 atom stereocenters. The Hall–Kier alpha value is -2.33. The predicted molar refractivity (Wildman–Crippen MR) is 117 cm³/mol. The van der Waals surface area contributed by atoms with Gasteiger partial charge in [0.2, 0.25) is 0 Å². The molecule has 2 heterocycles. The van der Waals surface area contributed by atoms with E-state index in [0.717, 1.165) is 44.7 Å². The largest absolute Gasteiger partial charge is 0.371 e. The highest BCUT2D eigenvalue weighted by Gasteiger charge is 2.24. The molecule has 0 radical (unpaired) electrons. The maximum atomic E-state index is 12.7. The number of hydrogen-bond acceptors (Lipinski definition) is 4. The summed E-state index contributed by atoms with van der Waals surface area (Å²) in [5, 5.41) is 0. The van der Waals surface area contributed by atoms with Crippen LogP contribution in [0.3, 0.4) is 0 Å². The van der Waals surface area contributed by atoms with Crippen molar-refractivity contribution in [3.63, 3.8) is 0 Å². The lowest BCUT2D eigenvalue weighted by molar-refractivity contribution is 0.0962. The Balaban J connectivity index is 1.30. The van der Waals surface area contributed by atoms with E-state index in [1.807, 2.05) is 6.07 Å². The van der Waals surface area contributed by atoms with E-state index in [-0.39, 0.29) is 5.78 Å². The van der Waals surface area contributed by atoms with Gasteiger partial charge in [-0.1, -0.05) is 18.2 Å². The van der Waals surface area contributed by atoms with Crippen LogP contribution >= 0.6 is 0 Å². The van der Waals surface area contributed by atoms with E-state index < -0.39 is 0 Å². The molecule has 28 heavy (non-hydrogen) atoms. The third kappa shape index (κ3) is 3.79. The summed E-state index contributed by atoms with van der Waals surface area (Å²) in [5.74, 6) is 0.270. The second-order valence-electron chi connectivity index (χ2n) is 8.30. The first-order valence-electron chi connectivity index (χ1n) is 10.4. The molecule has 2 aliphatic rings. The Morgan fingerprint density at radius 2 is 1.79 bits per heavy atom. The highest BCUT2D eigenvalue weighted by Crippen LogP contribution is 2.31. The number of anilines is 2. The molecule has 4 heteroatoms. The summed E-state index contributed by atoms with van der Waals surface area (Å²) >= 11 is 0. The fourth-order valence-electron chi connectivity index (χ4n) is 4.49. The third-order valence-corrected chi connectivity index (χ3v) is 6.44. The predicted octanol–water partition coefficient (Wildman–Crippen LogP) is 3.77. The summed E-state index contributed by atoms with van der Waals surface area (Å²) in [6.45, 7) is 9.37. The molecule has 0 bridgehead atoms. The van der Waals surface area contributed by atoms with Crippen molar-refractivity contribution in [2.75, 3.05) is 49.6 Å². The zero-order valence-corrected chi connectivity index (χ0v) is 17.3. The Labute approximate surface area is 168 Å². The van der Waals surface area contributed by atoms with Crippen LogP contribution < -0.4 is 9.80 Å². The Morgan fingerprint density at radius 1 is 1.04 bits per heavy atom. The summed E-state index contributed by atoms with van der Waals surface area (Å²) < 4.78 is 0. The number of carbonyl (C=O) groups excluding carboxylic acids is 1. The fourth-order valence-corrected chi connectivity index (χ4v) is 4.49.